The van der Waals surface area contributed by atoms with E-state index < -0.39 is 12.1 Å². The van der Waals surface area contributed by atoms with Crippen LogP contribution in [0.1, 0.15) is 16.1 Å². The van der Waals surface area contributed by atoms with Gasteiger partial charge in [-0.15, -0.1) is 0 Å². The number of benzene rings is 2. The van der Waals surface area contributed by atoms with Crippen LogP contribution in [0.4, 0.5) is 9.18 Å². The summed E-state index contributed by atoms with van der Waals surface area (Å²) in [5, 5.41) is 13.0. The third kappa shape index (κ3) is 5.31. The molecule has 0 saturated carbocycles. The van der Waals surface area contributed by atoms with Gasteiger partial charge in [-0.2, -0.15) is 9.49 Å². The number of carbonyl (C=O) groups excluding carboxylic acids is 1. The molecule has 0 aliphatic heterocycles. The van der Waals surface area contributed by atoms with Gasteiger partial charge in [0.05, 0.1) is 11.3 Å². The van der Waals surface area contributed by atoms with E-state index in [0.717, 1.165) is 0 Å². The number of nitrogens with two attached hydrogens (primary N) is 1. The number of primary amides is 1. The Balaban J connectivity index is 0.000000292. The number of halogens is 2. The molecule has 0 saturated heterocycles. The molecule has 0 atom stereocenters. The third-order valence-corrected chi connectivity index (χ3v) is 3.82. The van der Waals surface area contributed by atoms with Crippen LogP contribution >= 0.6 is 11.6 Å². The first kappa shape index (κ1) is 20.9. The summed E-state index contributed by atoms with van der Waals surface area (Å²) in [5.41, 5.74) is 7.20. The maximum absolute atomic E-state index is 12.2. The van der Waals surface area contributed by atoms with E-state index in [4.69, 9.17) is 22.4 Å². The van der Waals surface area contributed by atoms with E-state index in [9.17, 15) is 14.0 Å². The number of rotatable bonds is 3. The van der Waals surface area contributed by atoms with Crippen LogP contribution in [0.25, 0.3) is 11.1 Å². The zero-order valence-electron chi connectivity index (χ0n) is 15.0. The Hall–Kier alpha value is -3.39. The summed E-state index contributed by atoms with van der Waals surface area (Å²) in [4.78, 5) is 22.2. The third-order valence-electron chi connectivity index (χ3n) is 3.57. The molecule has 9 heteroatoms. The first-order valence-corrected chi connectivity index (χ1v) is 8.32. The maximum atomic E-state index is 12.2. The molecule has 0 aliphatic carbocycles. The van der Waals surface area contributed by atoms with Crippen LogP contribution in [-0.2, 0) is 7.05 Å². The fourth-order valence-electron chi connectivity index (χ4n) is 2.41. The number of hydrogen-bond acceptors (Lipinski definition) is 4. The molecule has 0 bridgehead atoms. The van der Waals surface area contributed by atoms with Gasteiger partial charge in [0.2, 0.25) is 5.95 Å². The Kier molecular flexibility index (Phi) is 6.73. The van der Waals surface area contributed by atoms with Crippen LogP contribution in [0, 0.1) is 12.9 Å². The number of aryl methyl sites for hydroxylation is 2. The molecule has 0 unspecified atom stereocenters. The summed E-state index contributed by atoms with van der Waals surface area (Å²) in [6, 6.07) is 12.7. The second-order valence-corrected chi connectivity index (χ2v) is 6.09. The predicted molar refractivity (Wildman–Crippen MR) is 102 cm³/mol. The second-order valence-electron chi connectivity index (χ2n) is 5.65. The minimum atomic E-state index is -1.51. The van der Waals surface area contributed by atoms with E-state index in [1.165, 1.54) is 16.8 Å². The zero-order valence-corrected chi connectivity index (χ0v) is 15.8. The molecule has 1 amide bonds. The normalized spacial score (nSPS) is 10.0. The summed E-state index contributed by atoms with van der Waals surface area (Å²) < 4.78 is 18.0. The van der Waals surface area contributed by atoms with Crippen molar-refractivity contribution in [3.05, 3.63) is 70.8 Å². The second kappa shape index (κ2) is 9.01. The van der Waals surface area contributed by atoms with Crippen molar-refractivity contribution in [2.24, 2.45) is 12.8 Å². The topological polar surface area (TPSA) is 107 Å². The van der Waals surface area contributed by atoms with E-state index in [0.29, 0.717) is 21.8 Å². The molecule has 2 aromatic carbocycles. The smallest absolute Gasteiger partial charge is 0.449 e. The SMILES string of the molecule is Cc1cc(F)n(C)n1.NC(=O)c1c(OC(=O)O)cccc1-c1ccc(Cl)cc1. The van der Waals surface area contributed by atoms with Crippen LogP contribution in [0.2, 0.25) is 5.02 Å². The number of hydrogen-bond donors (Lipinski definition) is 2. The van der Waals surface area contributed by atoms with Gasteiger partial charge in [0.1, 0.15) is 5.75 Å². The lowest BCUT2D eigenvalue weighted by atomic mass is 9.98. The highest BCUT2D eigenvalue weighted by Crippen LogP contribution is 2.31. The largest absolute Gasteiger partial charge is 0.511 e. The lowest BCUT2D eigenvalue weighted by molar-refractivity contribution is 0.0997. The minimum Gasteiger partial charge on any atom is -0.449 e. The number of carbonyl (C=O) groups is 2. The van der Waals surface area contributed by atoms with Crippen LogP contribution in [0.5, 0.6) is 5.75 Å². The van der Waals surface area contributed by atoms with Gasteiger partial charge >= 0.3 is 6.16 Å². The number of amides is 1. The monoisotopic (exact) mass is 405 g/mol. The molecular formula is C19H17ClFN3O4. The van der Waals surface area contributed by atoms with Gasteiger partial charge in [0, 0.05) is 18.1 Å². The molecule has 3 aromatic rings. The fourth-order valence-corrected chi connectivity index (χ4v) is 2.54. The van der Waals surface area contributed by atoms with Gasteiger partial charge in [-0.25, -0.2) is 9.48 Å². The fraction of sp³-hybridized carbons (Fsp3) is 0.105. The van der Waals surface area contributed by atoms with Crippen LogP contribution < -0.4 is 10.5 Å². The predicted octanol–water partition coefficient (Wildman–Crippen LogP) is 4.03. The van der Waals surface area contributed by atoms with Crippen molar-refractivity contribution < 1.29 is 23.8 Å². The molecule has 1 heterocycles. The Morgan fingerprint density at radius 1 is 1.21 bits per heavy atom. The van der Waals surface area contributed by atoms with E-state index >= 15 is 0 Å². The van der Waals surface area contributed by atoms with Crippen molar-refractivity contribution in [1.82, 2.24) is 9.78 Å². The van der Waals surface area contributed by atoms with Crippen molar-refractivity contribution in [3.8, 4) is 16.9 Å². The highest BCUT2D eigenvalue weighted by atomic mass is 35.5. The molecule has 0 aliphatic rings. The summed E-state index contributed by atoms with van der Waals surface area (Å²) in [7, 11) is 1.57. The van der Waals surface area contributed by atoms with Crippen molar-refractivity contribution in [3.63, 3.8) is 0 Å². The van der Waals surface area contributed by atoms with Crippen LogP contribution in [-0.4, -0.2) is 26.9 Å². The molecular weight excluding hydrogens is 389 g/mol. The number of aromatic nitrogens is 2. The molecule has 0 radical (unpaired) electrons. The van der Waals surface area contributed by atoms with Crippen LogP contribution in [0.15, 0.2) is 48.5 Å². The van der Waals surface area contributed by atoms with Gasteiger partial charge in [0.15, 0.2) is 0 Å². The summed E-state index contributed by atoms with van der Waals surface area (Å²) in [6.07, 6.45) is -1.51. The molecule has 0 spiro atoms. The van der Waals surface area contributed by atoms with E-state index in [1.54, 1.807) is 50.4 Å². The zero-order chi connectivity index (χ0) is 20.8. The van der Waals surface area contributed by atoms with E-state index in [1.807, 2.05) is 0 Å². The summed E-state index contributed by atoms with van der Waals surface area (Å²) in [6.45, 7) is 1.75. The van der Waals surface area contributed by atoms with Crippen molar-refractivity contribution in [2.45, 2.75) is 6.92 Å². The highest BCUT2D eigenvalue weighted by molar-refractivity contribution is 6.30. The van der Waals surface area contributed by atoms with Gasteiger partial charge in [-0.1, -0.05) is 35.9 Å². The molecule has 7 nitrogen and oxygen atoms in total. The molecule has 28 heavy (non-hydrogen) atoms. The quantitative estimate of drug-likeness (QED) is 0.505. The Bertz CT molecular complexity index is 983. The number of ether oxygens (including phenoxy) is 1. The molecule has 3 rings (SSSR count). The summed E-state index contributed by atoms with van der Waals surface area (Å²) in [5.74, 6) is -1.16. The number of nitrogens with zero attached hydrogens (tertiary/aromatic N) is 2. The Labute approximate surface area is 165 Å². The minimum absolute atomic E-state index is 0.0113. The standard InChI is InChI=1S/C14H10ClNO4.C5H7FN2/c15-9-6-4-8(5-7-9)10-2-1-3-11(20-14(18)19)12(10)13(16)17;1-4-3-5(6)8(2)7-4/h1-7H,(H2,16,17)(H,18,19);3H,1-2H3. The van der Waals surface area contributed by atoms with E-state index in [2.05, 4.69) is 9.84 Å². The maximum Gasteiger partial charge on any atom is 0.511 e. The first-order valence-electron chi connectivity index (χ1n) is 7.94. The first-order chi connectivity index (χ1) is 13.2. The van der Waals surface area contributed by atoms with Crippen molar-refractivity contribution >= 4 is 23.7 Å². The lowest BCUT2D eigenvalue weighted by Gasteiger charge is -2.11. The molecule has 0 fully saturated rings. The summed E-state index contributed by atoms with van der Waals surface area (Å²) >= 11 is 5.81. The lowest BCUT2D eigenvalue weighted by Crippen LogP contribution is -2.16. The molecule has 1 aromatic heterocycles. The van der Waals surface area contributed by atoms with Gasteiger partial charge < -0.3 is 15.6 Å². The van der Waals surface area contributed by atoms with Crippen molar-refractivity contribution in [2.75, 3.05) is 0 Å². The highest BCUT2D eigenvalue weighted by Gasteiger charge is 2.18. The van der Waals surface area contributed by atoms with Gasteiger partial charge in [0.25, 0.3) is 5.91 Å². The Morgan fingerprint density at radius 3 is 2.29 bits per heavy atom. The molecule has 3 N–H and O–H groups in total. The average Bonchev–Trinajstić information content (AvgIpc) is 2.90. The average molecular weight is 406 g/mol. The van der Waals surface area contributed by atoms with Crippen LogP contribution in [0.3, 0.4) is 0 Å². The Morgan fingerprint density at radius 2 is 1.86 bits per heavy atom. The van der Waals surface area contributed by atoms with Crippen molar-refractivity contribution in [1.29, 1.82) is 0 Å². The van der Waals surface area contributed by atoms with Gasteiger partial charge in [-0.05, 0) is 36.2 Å². The van der Waals surface area contributed by atoms with E-state index in [-0.39, 0.29) is 17.3 Å². The number of carboxylic acid groups (broad SMARTS) is 1. The molecule has 146 valence electrons. The van der Waals surface area contributed by atoms with Gasteiger partial charge in [-0.3, -0.25) is 4.79 Å².